The summed E-state index contributed by atoms with van der Waals surface area (Å²) in [7, 11) is 3.95. The van der Waals surface area contributed by atoms with E-state index in [-0.39, 0.29) is 41.4 Å². The Hall–Kier alpha value is -0.950. The van der Waals surface area contributed by atoms with Gasteiger partial charge in [-0.05, 0) is 97.2 Å². The number of nitrogens with zero attached hydrogens (tertiary/aromatic N) is 1. The van der Waals surface area contributed by atoms with E-state index in [1.165, 1.54) is 44.3 Å². The normalized spacial score (nSPS) is 42.1. The zero-order valence-corrected chi connectivity index (χ0v) is 21.2. The van der Waals surface area contributed by atoms with Crippen LogP contribution in [0.5, 0.6) is 0 Å². The minimum atomic E-state index is -0.289. The van der Waals surface area contributed by atoms with Crippen molar-refractivity contribution in [3.8, 4) is 0 Å². The second-order valence-electron chi connectivity index (χ2n) is 12.2. The van der Waals surface area contributed by atoms with Gasteiger partial charge in [-0.2, -0.15) is 0 Å². The lowest BCUT2D eigenvalue weighted by atomic mass is 9.57. The van der Waals surface area contributed by atoms with Crippen LogP contribution >= 0.6 is 0 Å². The summed E-state index contributed by atoms with van der Waals surface area (Å²) in [5.74, 6) is 0.518. The Morgan fingerprint density at radius 3 is 2.48 bits per heavy atom. The van der Waals surface area contributed by atoms with E-state index in [0.717, 1.165) is 25.9 Å². The number of carbonyl (C=O) groups is 1. The molecular formula is C27H43NO5. The van der Waals surface area contributed by atoms with E-state index < -0.39 is 0 Å². The molecule has 5 rings (SSSR count). The average Bonchev–Trinajstić information content (AvgIpc) is 3.65. The third-order valence-electron chi connectivity index (χ3n) is 9.47. The van der Waals surface area contributed by atoms with Crippen LogP contribution in [0.25, 0.3) is 0 Å². The molecule has 0 aromatic carbocycles. The molecule has 33 heavy (non-hydrogen) atoms. The summed E-state index contributed by atoms with van der Waals surface area (Å²) in [6.45, 7) is 9.57. The lowest BCUT2D eigenvalue weighted by Gasteiger charge is -2.52. The van der Waals surface area contributed by atoms with Crippen LogP contribution in [0.3, 0.4) is 0 Å². The zero-order valence-electron chi connectivity index (χ0n) is 21.2. The van der Waals surface area contributed by atoms with E-state index in [0.29, 0.717) is 17.8 Å². The van der Waals surface area contributed by atoms with Crippen molar-refractivity contribution in [1.29, 1.82) is 0 Å². The molecule has 0 aromatic heterocycles. The van der Waals surface area contributed by atoms with Gasteiger partial charge in [-0.25, -0.2) is 0 Å². The van der Waals surface area contributed by atoms with E-state index in [9.17, 15) is 4.79 Å². The SMILES string of the molecule is CO[C@@H]1[C@H](OC(=O)CC2CC3(CCN(C)CC3)C2)CC[C@]2(CO2)[C@H]1[C@@]1(C)O[C@@H]1CC=C(C)C. The quantitative estimate of drug-likeness (QED) is 0.323. The second-order valence-corrected chi connectivity index (χ2v) is 12.2. The Morgan fingerprint density at radius 1 is 1.18 bits per heavy atom. The smallest absolute Gasteiger partial charge is 0.306 e. The molecule has 2 spiro atoms. The highest BCUT2D eigenvalue weighted by molar-refractivity contribution is 5.70. The van der Waals surface area contributed by atoms with E-state index >= 15 is 0 Å². The van der Waals surface area contributed by atoms with Crippen LogP contribution in [-0.4, -0.2) is 74.2 Å². The van der Waals surface area contributed by atoms with Gasteiger partial charge in [0.2, 0.25) is 0 Å². The number of rotatable bonds is 7. The van der Waals surface area contributed by atoms with Gasteiger partial charge < -0.3 is 23.8 Å². The van der Waals surface area contributed by atoms with E-state index in [2.05, 4.69) is 38.8 Å². The van der Waals surface area contributed by atoms with Gasteiger partial charge in [0.1, 0.15) is 23.4 Å². The van der Waals surface area contributed by atoms with E-state index in [1.807, 2.05) is 0 Å². The minimum absolute atomic E-state index is 0.0517. The molecule has 5 aliphatic rings. The minimum Gasteiger partial charge on any atom is -0.460 e. The Bertz CT molecular complexity index is 771. The molecule has 0 aromatic rings. The summed E-state index contributed by atoms with van der Waals surface area (Å²) in [6.07, 6.45) is 10.1. The van der Waals surface area contributed by atoms with Crippen LogP contribution < -0.4 is 0 Å². The van der Waals surface area contributed by atoms with Crippen molar-refractivity contribution in [3.05, 3.63) is 11.6 Å². The summed E-state index contributed by atoms with van der Waals surface area (Å²) in [6, 6.07) is 0. The number of ether oxygens (including phenoxy) is 4. The predicted molar refractivity (Wildman–Crippen MR) is 126 cm³/mol. The lowest BCUT2D eigenvalue weighted by molar-refractivity contribution is -0.174. The number of methoxy groups -OCH3 is 1. The Morgan fingerprint density at radius 2 is 1.88 bits per heavy atom. The maximum Gasteiger partial charge on any atom is 0.306 e. The molecule has 0 bridgehead atoms. The Kier molecular flexibility index (Phi) is 6.21. The van der Waals surface area contributed by atoms with Crippen molar-refractivity contribution in [2.45, 2.75) is 102 Å². The fraction of sp³-hybridized carbons (Fsp3) is 0.889. The maximum atomic E-state index is 12.9. The summed E-state index contributed by atoms with van der Waals surface area (Å²) >= 11 is 0. The molecule has 0 N–H and O–H groups in total. The van der Waals surface area contributed by atoms with Gasteiger partial charge >= 0.3 is 5.97 Å². The number of likely N-dealkylation sites (tertiary alicyclic amines) is 1. The van der Waals surface area contributed by atoms with Gasteiger partial charge in [0.25, 0.3) is 0 Å². The lowest BCUT2D eigenvalue weighted by Crippen LogP contribution is -2.55. The highest BCUT2D eigenvalue weighted by atomic mass is 16.6. The van der Waals surface area contributed by atoms with E-state index in [1.54, 1.807) is 7.11 Å². The van der Waals surface area contributed by atoms with Crippen molar-refractivity contribution in [2.24, 2.45) is 17.3 Å². The van der Waals surface area contributed by atoms with Gasteiger partial charge in [0.15, 0.2) is 0 Å². The molecule has 6 nitrogen and oxygen atoms in total. The third-order valence-corrected chi connectivity index (χ3v) is 9.47. The first kappa shape index (κ1) is 23.8. The van der Waals surface area contributed by atoms with Crippen LogP contribution in [-0.2, 0) is 23.7 Å². The molecule has 5 fully saturated rings. The maximum absolute atomic E-state index is 12.9. The van der Waals surface area contributed by atoms with Gasteiger partial charge in [0, 0.05) is 13.5 Å². The summed E-state index contributed by atoms with van der Waals surface area (Å²) in [5.41, 5.74) is 1.34. The highest BCUT2D eigenvalue weighted by Crippen LogP contribution is 2.60. The number of epoxide rings is 2. The molecule has 0 radical (unpaired) electrons. The van der Waals surface area contributed by atoms with E-state index in [4.69, 9.17) is 18.9 Å². The zero-order chi connectivity index (χ0) is 23.4. The molecule has 3 aliphatic heterocycles. The number of piperidine rings is 1. The molecule has 6 atom stereocenters. The van der Waals surface area contributed by atoms with Crippen molar-refractivity contribution in [2.75, 3.05) is 33.9 Å². The van der Waals surface area contributed by atoms with Crippen molar-refractivity contribution in [3.63, 3.8) is 0 Å². The second kappa shape index (κ2) is 8.61. The summed E-state index contributed by atoms with van der Waals surface area (Å²) in [4.78, 5) is 15.4. The molecule has 2 aliphatic carbocycles. The van der Waals surface area contributed by atoms with Crippen molar-refractivity contribution >= 4 is 5.97 Å². The molecular weight excluding hydrogens is 418 g/mol. The fourth-order valence-electron chi connectivity index (χ4n) is 7.33. The van der Waals surface area contributed by atoms with Crippen molar-refractivity contribution < 1.29 is 23.7 Å². The number of esters is 1. The largest absolute Gasteiger partial charge is 0.460 e. The number of hydrogen-bond acceptors (Lipinski definition) is 6. The molecule has 186 valence electrons. The van der Waals surface area contributed by atoms with Crippen LogP contribution in [0.1, 0.15) is 72.1 Å². The first-order valence-electron chi connectivity index (χ1n) is 13.0. The highest BCUT2D eigenvalue weighted by Gasteiger charge is 2.72. The monoisotopic (exact) mass is 461 g/mol. The van der Waals surface area contributed by atoms with Crippen LogP contribution in [0, 0.1) is 17.3 Å². The van der Waals surface area contributed by atoms with Crippen LogP contribution in [0.15, 0.2) is 11.6 Å². The van der Waals surface area contributed by atoms with Gasteiger partial charge in [-0.15, -0.1) is 0 Å². The fourth-order valence-corrected chi connectivity index (χ4v) is 7.33. The number of hydrogen-bond donors (Lipinski definition) is 0. The van der Waals surface area contributed by atoms with Gasteiger partial charge in [-0.1, -0.05) is 11.6 Å². The Labute approximate surface area is 199 Å². The molecule has 0 unspecified atom stereocenters. The number of allylic oxidation sites excluding steroid dienone is 1. The summed E-state index contributed by atoms with van der Waals surface area (Å²) < 4.78 is 24.4. The van der Waals surface area contributed by atoms with Gasteiger partial charge in [-0.3, -0.25) is 4.79 Å². The average molecular weight is 462 g/mol. The molecule has 3 heterocycles. The molecule has 2 saturated carbocycles. The predicted octanol–water partition coefficient (Wildman–Crippen LogP) is 4.12. The first-order chi connectivity index (χ1) is 15.7. The Balaban J connectivity index is 1.18. The van der Waals surface area contributed by atoms with Crippen LogP contribution in [0.2, 0.25) is 0 Å². The summed E-state index contributed by atoms with van der Waals surface area (Å²) in [5, 5.41) is 0. The third kappa shape index (κ3) is 4.53. The first-order valence-corrected chi connectivity index (χ1v) is 13.0. The molecule has 3 saturated heterocycles. The van der Waals surface area contributed by atoms with Crippen LogP contribution in [0.4, 0.5) is 0 Å². The number of carbonyl (C=O) groups excluding carboxylic acids is 1. The molecule has 6 heteroatoms. The standard InChI is InChI=1S/C27H43NO5/c1-18(2)6-7-21-25(3,33-21)24-23(30-5)20(8-9-27(24)17-31-27)32-22(29)14-19-15-26(16-19)10-12-28(4)13-11-26/h6,19-21,23-24H,7-17H2,1-5H3/t20-,21-,23-,24-,25+,27+/m1/s1. The van der Waals surface area contributed by atoms with Crippen molar-refractivity contribution in [1.82, 2.24) is 4.90 Å². The molecule has 0 amide bonds. The topological polar surface area (TPSA) is 63.8 Å². The van der Waals surface area contributed by atoms with Gasteiger partial charge in [0.05, 0.1) is 18.6 Å².